The third-order valence-electron chi connectivity index (χ3n) is 5.41. The molecule has 1 aliphatic heterocycles. The third kappa shape index (κ3) is 3.07. The summed E-state index contributed by atoms with van der Waals surface area (Å²) in [6.45, 7) is 1.94. The number of nitrogens with one attached hydrogen (secondary N) is 2. The van der Waals surface area contributed by atoms with Crippen molar-refractivity contribution in [3.8, 4) is 0 Å². The van der Waals surface area contributed by atoms with Gasteiger partial charge in [-0.25, -0.2) is 0 Å². The van der Waals surface area contributed by atoms with E-state index in [0.29, 0.717) is 30.5 Å². The summed E-state index contributed by atoms with van der Waals surface area (Å²) in [5, 5.41) is 6.12. The first-order chi connectivity index (χ1) is 13.5. The van der Waals surface area contributed by atoms with Crippen LogP contribution < -0.4 is 10.6 Å². The number of piperidine rings is 1. The minimum atomic E-state index is -0.713. The van der Waals surface area contributed by atoms with Gasteiger partial charge >= 0.3 is 0 Å². The average Bonchev–Trinajstić information content (AvgIpc) is 3.14. The number of amides is 3. The highest BCUT2D eigenvalue weighted by atomic mass is 16.3. The van der Waals surface area contributed by atoms with Crippen LogP contribution in [0.3, 0.4) is 0 Å². The van der Waals surface area contributed by atoms with Crippen molar-refractivity contribution in [2.24, 2.45) is 0 Å². The van der Waals surface area contributed by atoms with Crippen LogP contribution in [-0.2, 0) is 15.0 Å². The zero-order valence-corrected chi connectivity index (χ0v) is 15.5. The number of fused-ring (bicyclic) bond motifs is 1. The number of carbonyl (C=O) groups excluding carboxylic acids is 3. The fourth-order valence-electron chi connectivity index (χ4n) is 3.73. The minimum absolute atomic E-state index is 0.233. The molecule has 1 aliphatic rings. The third-order valence-corrected chi connectivity index (χ3v) is 5.41. The molecule has 0 saturated carbocycles. The van der Waals surface area contributed by atoms with E-state index in [1.165, 1.54) is 0 Å². The largest absolute Gasteiger partial charge is 0.451 e. The van der Waals surface area contributed by atoms with E-state index >= 15 is 0 Å². The molecule has 0 radical (unpaired) electrons. The Bertz CT molecular complexity index is 1030. The van der Waals surface area contributed by atoms with Crippen molar-refractivity contribution < 1.29 is 18.8 Å². The number of hydrogen-bond acceptors (Lipinski definition) is 4. The standard InChI is InChI=1S/C22H20N2O4/c1-2-22(12-11-19(25)24-21(22)27)15-7-9-16(10-8-15)23-20(26)18-13-14-5-3-4-6-17(14)28-18/h3-10,13H,2,11-12H2,1H3,(H,23,26)(H,24,25,27). The highest BCUT2D eigenvalue weighted by Gasteiger charge is 2.42. The van der Waals surface area contributed by atoms with Crippen LogP contribution in [0.5, 0.6) is 0 Å². The van der Waals surface area contributed by atoms with Crippen LogP contribution in [0.25, 0.3) is 11.0 Å². The van der Waals surface area contributed by atoms with Crippen LogP contribution >= 0.6 is 0 Å². The molecule has 1 fully saturated rings. The van der Waals surface area contributed by atoms with Crippen LogP contribution in [0.4, 0.5) is 5.69 Å². The average molecular weight is 376 g/mol. The number of carbonyl (C=O) groups is 3. The highest BCUT2D eigenvalue weighted by Crippen LogP contribution is 2.36. The van der Waals surface area contributed by atoms with Crippen molar-refractivity contribution in [1.82, 2.24) is 5.32 Å². The van der Waals surface area contributed by atoms with Crippen molar-refractivity contribution in [3.63, 3.8) is 0 Å². The normalized spacial score (nSPS) is 19.5. The van der Waals surface area contributed by atoms with E-state index in [0.717, 1.165) is 10.9 Å². The summed E-state index contributed by atoms with van der Waals surface area (Å²) in [6.07, 6.45) is 1.40. The maximum Gasteiger partial charge on any atom is 0.291 e. The lowest BCUT2D eigenvalue weighted by Crippen LogP contribution is -2.51. The van der Waals surface area contributed by atoms with Gasteiger partial charge in [0, 0.05) is 17.5 Å². The predicted molar refractivity (Wildman–Crippen MR) is 105 cm³/mol. The summed E-state index contributed by atoms with van der Waals surface area (Å²) < 4.78 is 5.58. The molecule has 3 aromatic rings. The summed E-state index contributed by atoms with van der Waals surface area (Å²) in [5.74, 6) is -0.593. The second-order valence-corrected chi connectivity index (χ2v) is 6.99. The molecule has 1 unspecified atom stereocenters. The molecule has 6 heteroatoms. The van der Waals surface area contributed by atoms with Gasteiger partial charge in [0.2, 0.25) is 11.8 Å². The van der Waals surface area contributed by atoms with Crippen LogP contribution in [0, 0.1) is 0 Å². The van der Waals surface area contributed by atoms with Crippen molar-refractivity contribution in [2.75, 3.05) is 5.32 Å². The second kappa shape index (κ2) is 6.96. The molecule has 1 atom stereocenters. The van der Waals surface area contributed by atoms with Crippen LogP contribution in [0.1, 0.15) is 42.3 Å². The highest BCUT2D eigenvalue weighted by molar-refractivity contribution is 6.05. The molecule has 28 heavy (non-hydrogen) atoms. The van der Waals surface area contributed by atoms with Crippen molar-refractivity contribution in [1.29, 1.82) is 0 Å². The van der Waals surface area contributed by atoms with Gasteiger partial charge in [-0.3, -0.25) is 19.7 Å². The van der Waals surface area contributed by atoms with Gasteiger partial charge in [-0.2, -0.15) is 0 Å². The van der Waals surface area contributed by atoms with Crippen molar-refractivity contribution in [2.45, 2.75) is 31.6 Å². The van der Waals surface area contributed by atoms with Gasteiger partial charge in [0.1, 0.15) is 5.58 Å². The quantitative estimate of drug-likeness (QED) is 0.679. The zero-order chi connectivity index (χ0) is 19.7. The van der Waals surface area contributed by atoms with E-state index in [1.807, 2.05) is 43.3 Å². The Morgan fingerprint density at radius 3 is 2.57 bits per heavy atom. The molecular formula is C22H20N2O4. The van der Waals surface area contributed by atoms with E-state index < -0.39 is 5.41 Å². The fraction of sp³-hybridized carbons (Fsp3) is 0.227. The maximum absolute atomic E-state index is 12.5. The summed E-state index contributed by atoms with van der Waals surface area (Å²) in [4.78, 5) is 36.4. The number of imide groups is 1. The molecule has 0 aliphatic carbocycles. The number of benzene rings is 2. The first-order valence-electron chi connectivity index (χ1n) is 9.26. The van der Waals surface area contributed by atoms with Gasteiger partial charge in [0.05, 0.1) is 5.41 Å². The van der Waals surface area contributed by atoms with Gasteiger partial charge in [-0.15, -0.1) is 0 Å². The molecule has 1 saturated heterocycles. The maximum atomic E-state index is 12.5. The Labute approximate surface area is 161 Å². The molecule has 2 N–H and O–H groups in total. The SMILES string of the molecule is CCC1(c2ccc(NC(=O)c3cc4ccccc4o3)cc2)CCC(=O)NC1=O. The van der Waals surface area contributed by atoms with Gasteiger partial charge in [-0.1, -0.05) is 37.3 Å². The lowest BCUT2D eigenvalue weighted by Gasteiger charge is -2.35. The molecular weight excluding hydrogens is 356 g/mol. The monoisotopic (exact) mass is 376 g/mol. The Morgan fingerprint density at radius 2 is 1.89 bits per heavy atom. The van der Waals surface area contributed by atoms with E-state index in [9.17, 15) is 14.4 Å². The first kappa shape index (κ1) is 18.0. The van der Waals surface area contributed by atoms with E-state index in [-0.39, 0.29) is 23.5 Å². The number of rotatable bonds is 4. The molecule has 6 nitrogen and oxygen atoms in total. The number of hydrogen-bond donors (Lipinski definition) is 2. The molecule has 0 spiro atoms. The predicted octanol–water partition coefficient (Wildman–Crippen LogP) is 3.77. The Hall–Kier alpha value is -3.41. The molecule has 142 valence electrons. The van der Waals surface area contributed by atoms with Crippen LogP contribution in [0.15, 0.2) is 59.0 Å². The van der Waals surface area contributed by atoms with Gasteiger partial charge in [0.25, 0.3) is 5.91 Å². The Balaban J connectivity index is 1.53. The van der Waals surface area contributed by atoms with E-state index in [1.54, 1.807) is 18.2 Å². The molecule has 0 bridgehead atoms. The number of anilines is 1. The minimum Gasteiger partial charge on any atom is -0.451 e. The Kier molecular flexibility index (Phi) is 4.47. The number of furan rings is 1. The summed E-state index contributed by atoms with van der Waals surface area (Å²) in [7, 11) is 0. The molecule has 2 heterocycles. The van der Waals surface area contributed by atoms with Crippen LogP contribution in [-0.4, -0.2) is 17.7 Å². The molecule has 3 amide bonds. The molecule has 1 aromatic heterocycles. The fourth-order valence-corrected chi connectivity index (χ4v) is 3.73. The summed E-state index contributed by atoms with van der Waals surface area (Å²) >= 11 is 0. The van der Waals surface area contributed by atoms with Crippen molar-refractivity contribution >= 4 is 34.4 Å². The van der Waals surface area contributed by atoms with Gasteiger partial charge < -0.3 is 9.73 Å². The lowest BCUT2D eigenvalue weighted by atomic mass is 9.72. The topological polar surface area (TPSA) is 88.4 Å². The Morgan fingerprint density at radius 1 is 1.14 bits per heavy atom. The number of para-hydroxylation sites is 1. The van der Waals surface area contributed by atoms with Crippen molar-refractivity contribution in [3.05, 3.63) is 65.9 Å². The smallest absolute Gasteiger partial charge is 0.291 e. The van der Waals surface area contributed by atoms with Gasteiger partial charge in [-0.05, 0) is 42.7 Å². The molecule has 4 rings (SSSR count). The second-order valence-electron chi connectivity index (χ2n) is 6.99. The van der Waals surface area contributed by atoms with Crippen LogP contribution in [0.2, 0.25) is 0 Å². The first-order valence-corrected chi connectivity index (χ1v) is 9.26. The lowest BCUT2D eigenvalue weighted by molar-refractivity contribution is -0.138. The molecule has 2 aromatic carbocycles. The zero-order valence-electron chi connectivity index (χ0n) is 15.5. The van der Waals surface area contributed by atoms with E-state index in [2.05, 4.69) is 10.6 Å². The van der Waals surface area contributed by atoms with E-state index in [4.69, 9.17) is 4.42 Å². The summed E-state index contributed by atoms with van der Waals surface area (Å²) in [6, 6.07) is 16.3. The summed E-state index contributed by atoms with van der Waals surface area (Å²) in [5.41, 5.74) is 1.38. The van der Waals surface area contributed by atoms with Gasteiger partial charge in [0.15, 0.2) is 5.76 Å².